The zero-order valence-corrected chi connectivity index (χ0v) is 17.3. The first-order chi connectivity index (χ1) is 14.7. The molecule has 2 aliphatic heterocycles. The summed E-state index contributed by atoms with van der Waals surface area (Å²) in [7, 11) is 1.38. The van der Waals surface area contributed by atoms with Crippen molar-refractivity contribution in [1.82, 2.24) is 5.32 Å². The second-order valence-electron chi connectivity index (χ2n) is 6.71. The normalized spacial score (nSPS) is 20.2. The number of anilines is 1. The van der Waals surface area contributed by atoms with Crippen LogP contribution in [-0.2, 0) is 15.1 Å². The van der Waals surface area contributed by atoms with E-state index in [2.05, 4.69) is 5.32 Å². The molecule has 0 spiro atoms. The van der Waals surface area contributed by atoms with Gasteiger partial charge in [0.15, 0.2) is 5.54 Å². The van der Waals surface area contributed by atoms with E-state index in [0.29, 0.717) is 16.3 Å². The van der Waals surface area contributed by atoms with Gasteiger partial charge in [-0.25, -0.2) is 9.59 Å². The summed E-state index contributed by atoms with van der Waals surface area (Å²) in [5, 5.41) is 1.95. The first kappa shape index (κ1) is 21.1. The third-order valence-corrected chi connectivity index (χ3v) is 6.18. The van der Waals surface area contributed by atoms with Crippen LogP contribution in [0.4, 0.5) is 23.7 Å². The summed E-state index contributed by atoms with van der Waals surface area (Å²) in [6.45, 7) is 1.37. The predicted molar refractivity (Wildman–Crippen MR) is 108 cm³/mol. The summed E-state index contributed by atoms with van der Waals surface area (Å²) < 4.78 is 54.3. The van der Waals surface area contributed by atoms with E-state index < -0.39 is 29.3 Å². The van der Waals surface area contributed by atoms with Crippen LogP contribution in [0.3, 0.4) is 0 Å². The van der Waals surface area contributed by atoms with Gasteiger partial charge in [-0.05, 0) is 36.8 Å². The Morgan fingerprint density at radius 2 is 1.84 bits per heavy atom. The van der Waals surface area contributed by atoms with Crippen molar-refractivity contribution in [2.75, 3.05) is 18.6 Å². The molecule has 10 heteroatoms. The number of ether oxygens (including phenoxy) is 2. The van der Waals surface area contributed by atoms with E-state index in [1.807, 2.05) is 0 Å². The number of hydrogen-bond donors (Lipinski definition) is 1. The Balaban J connectivity index is 2.03. The number of esters is 1. The van der Waals surface area contributed by atoms with Crippen molar-refractivity contribution in [3.63, 3.8) is 0 Å². The summed E-state index contributed by atoms with van der Waals surface area (Å²) in [5.41, 5.74) is -3.72. The molecule has 2 aliphatic rings. The molecule has 0 saturated carbocycles. The van der Waals surface area contributed by atoms with Gasteiger partial charge >= 0.3 is 18.2 Å². The minimum absolute atomic E-state index is 0.127. The molecule has 4 rings (SSSR count). The summed E-state index contributed by atoms with van der Waals surface area (Å²) in [6, 6.07) is 10.7. The Bertz CT molecular complexity index is 1080. The summed E-state index contributed by atoms with van der Waals surface area (Å²) >= 11 is 0.926. The molecule has 0 unspecified atom stereocenters. The molecule has 2 aromatic rings. The fourth-order valence-electron chi connectivity index (χ4n) is 3.67. The molecule has 0 bridgehead atoms. The number of urea groups is 1. The van der Waals surface area contributed by atoms with E-state index in [1.54, 1.807) is 24.3 Å². The number of halogens is 3. The highest BCUT2D eigenvalue weighted by atomic mass is 32.2. The van der Waals surface area contributed by atoms with Crippen molar-refractivity contribution in [1.29, 1.82) is 0 Å². The second kappa shape index (κ2) is 7.52. The van der Waals surface area contributed by atoms with Crippen LogP contribution in [0.15, 0.2) is 64.0 Å². The monoisotopic (exact) mass is 450 g/mol. The molecule has 0 saturated heterocycles. The molecule has 31 heavy (non-hydrogen) atoms. The van der Waals surface area contributed by atoms with Crippen LogP contribution in [0, 0.1) is 0 Å². The number of carbonyl (C=O) groups is 2. The molecule has 0 aromatic heterocycles. The SMILES string of the molecule is CCOC(=O)C1=C2Sc3ccccc3N2C(=O)N[C@@]1(c1ccc(OC)cc1)C(F)(F)F. The first-order valence-corrected chi connectivity index (χ1v) is 10.1. The summed E-state index contributed by atoms with van der Waals surface area (Å²) in [6.07, 6.45) is -5.05. The van der Waals surface area contributed by atoms with Crippen molar-refractivity contribution in [3.8, 4) is 5.75 Å². The van der Waals surface area contributed by atoms with Crippen molar-refractivity contribution in [2.24, 2.45) is 0 Å². The quantitative estimate of drug-likeness (QED) is 0.692. The van der Waals surface area contributed by atoms with Gasteiger partial charge in [0.25, 0.3) is 0 Å². The topological polar surface area (TPSA) is 67.9 Å². The lowest BCUT2D eigenvalue weighted by atomic mass is 9.80. The van der Waals surface area contributed by atoms with Crippen molar-refractivity contribution >= 4 is 29.4 Å². The Morgan fingerprint density at radius 1 is 1.16 bits per heavy atom. The number of hydrogen-bond acceptors (Lipinski definition) is 5. The van der Waals surface area contributed by atoms with Gasteiger partial charge in [-0.3, -0.25) is 4.90 Å². The molecule has 162 valence electrons. The van der Waals surface area contributed by atoms with Crippen LogP contribution in [0.1, 0.15) is 12.5 Å². The minimum atomic E-state index is -5.05. The van der Waals surface area contributed by atoms with E-state index in [4.69, 9.17) is 9.47 Å². The molecule has 2 aromatic carbocycles. The number of methoxy groups -OCH3 is 1. The van der Waals surface area contributed by atoms with Gasteiger partial charge in [0.2, 0.25) is 0 Å². The zero-order valence-electron chi connectivity index (χ0n) is 16.4. The van der Waals surface area contributed by atoms with E-state index in [0.717, 1.165) is 16.7 Å². The molecule has 2 amide bonds. The smallest absolute Gasteiger partial charge is 0.420 e. The molecule has 0 aliphatic carbocycles. The van der Waals surface area contributed by atoms with Gasteiger partial charge in [0.05, 0.1) is 19.4 Å². The van der Waals surface area contributed by atoms with Gasteiger partial charge in [-0.1, -0.05) is 36.0 Å². The number of nitrogens with zero attached hydrogens (tertiary/aromatic N) is 1. The summed E-state index contributed by atoms with van der Waals surface area (Å²) in [4.78, 5) is 27.6. The lowest BCUT2D eigenvalue weighted by Gasteiger charge is -2.43. The van der Waals surface area contributed by atoms with Gasteiger partial charge in [-0.2, -0.15) is 13.2 Å². The summed E-state index contributed by atoms with van der Waals surface area (Å²) in [5.74, 6) is -0.825. The van der Waals surface area contributed by atoms with Gasteiger partial charge in [0, 0.05) is 4.90 Å². The largest absolute Gasteiger partial charge is 0.497 e. The molecule has 6 nitrogen and oxygen atoms in total. The van der Waals surface area contributed by atoms with Crippen molar-refractivity contribution < 1.29 is 32.2 Å². The average Bonchev–Trinajstić information content (AvgIpc) is 3.12. The number of alkyl halides is 3. The number of thioether (sulfide) groups is 1. The number of nitrogens with one attached hydrogen (secondary N) is 1. The van der Waals surface area contributed by atoms with E-state index >= 15 is 0 Å². The Kier molecular flexibility index (Phi) is 5.12. The van der Waals surface area contributed by atoms with E-state index in [9.17, 15) is 22.8 Å². The molecule has 1 atom stereocenters. The van der Waals surface area contributed by atoms with Crippen LogP contribution < -0.4 is 15.0 Å². The standard InChI is InChI=1S/C21H17F3N2O4S/c1-3-30-18(27)16-17-26(14-6-4-5-7-15(14)31-17)19(28)25-20(16,21(22,23)24)12-8-10-13(29-2)11-9-12/h4-11H,3H2,1-2H3,(H,25,28)/t20-/m1/s1. The lowest BCUT2D eigenvalue weighted by molar-refractivity contribution is -0.190. The first-order valence-electron chi connectivity index (χ1n) is 9.27. The molecule has 0 radical (unpaired) electrons. The average molecular weight is 450 g/mol. The Morgan fingerprint density at radius 3 is 2.45 bits per heavy atom. The van der Waals surface area contributed by atoms with Gasteiger partial charge in [-0.15, -0.1) is 0 Å². The number of para-hydroxylation sites is 1. The zero-order chi connectivity index (χ0) is 22.4. The second-order valence-corrected chi connectivity index (χ2v) is 7.74. The molecule has 2 heterocycles. The van der Waals surface area contributed by atoms with Crippen LogP contribution in [0.25, 0.3) is 0 Å². The number of carbonyl (C=O) groups excluding carboxylic acids is 2. The fraction of sp³-hybridized carbons (Fsp3) is 0.238. The maximum absolute atomic E-state index is 14.8. The third-order valence-electron chi connectivity index (χ3n) is 5.03. The predicted octanol–water partition coefficient (Wildman–Crippen LogP) is 4.56. The Hall–Kier alpha value is -3.14. The van der Waals surface area contributed by atoms with Gasteiger partial charge < -0.3 is 14.8 Å². The van der Waals surface area contributed by atoms with Gasteiger partial charge in [0.1, 0.15) is 16.4 Å². The highest BCUT2D eigenvalue weighted by Crippen LogP contribution is 2.56. The maximum Gasteiger partial charge on any atom is 0.420 e. The van der Waals surface area contributed by atoms with E-state index in [-0.39, 0.29) is 17.2 Å². The Labute approximate surface area is 180 Å². The van der Waals surface area contributed by atoms with Crippen LogP contribution in [0.2, 0.25) is 0 Å². The molecular weight excluding hydrogens is 433 g/mol. The lowest BCUT2D eigenvalue weighted by Crippen LogP contribution is -2.64. The molecular formula is C21H17F3N2O4S. The van der Waals surface area contributed by atoms with Crippen molar-refractivity contribution in [2.45, 2.75) is 23.5 Å². The van der Waals surface area contributed by atoms with E-state index in [1.165, 1.54) is 38.3 Å². The minimum Gasteiger partial charge on any atom is -0.497 e. The highest BCUT2D eigenvalue weighted by molar-refractivity contribution is 8.03. The number of fused-ring (bicyclic) bond motifs is 3. The molecule has 0 fully saturated rings. The number of benzene rings is 2. The third kappa shape index (κ3) is 3.13. The number of rotatable bonds is 4. The van der Waals surface area contributed by atoms with Crippen LogP contribution >= 0.6 is 11.8 Å². The highest BCUT2D eigenvalue weighted by Gasteiger charge is 2.66. The van der Waals surface area contributed by atoms with Crippen LogP contribution in [-0.4, -0.2) is 31.9 Å². The van der Waals surface area contributed by atoms with Crippen molar-refractivity contribution in [3.05, 3.63) is 64.7 Å². The number of amides is 2. The van der Waals surface area contributed by atoms with Crippen LogP contribution in [0.5, 0.6) is 5.75 Å². The fourth-order valence-corrected chi connectivity index (χ4v) is 4.90. The maximum atomic E-state index is 14.8. The molecule has 1 N–H and O–H groups in total.